The Bertz CT molecular complexity index is 581. The van der Waals surface area contributed by atoms with Crippen LogP contribution in [0.5, 0.6) is 0 Å². The zero-order valence-electron chi connectivity index (χ0n) is 11.1. The summed E-state index contributed by atoms with van der Waals surface area (Å²) in [5.74, 6) is -0.146. The van der Waals surface area contributed by atoms with E-state index in [2.05, 4.69) is 10.00 Å². The summed E-state index contributed by atoms with van der Waals surface area (Å²) in [6, 6.07) is 1.45. The Balaban J connectivity index is 1.84. The van der Waals surface area contributed by atoms with Gasteiger partial charge in [-0.2, -0.15) is 5.10 Å². The van der Waals surface area contributed by atoms with Gasteiger partial charge in [0.15, 0.2) is 0 Å². The number of cyclic esters (lactones) is 1. The molecule has 0 N–H and O–H groups in total. The predicted molar refractivity (Wildman–Crippen MR) is 67.6 cm³/mol. The summed E-state index contributed by atoms with van der Waals surface area (Å²) < 4.78 is 6.56. The van der Waals surface area contributed by atoms with E-state index < -0.39 is 0 Å². The number of fused-ring (bicyclic) bond motifs is 1. The van der Waals surface area contributed by atoms with Gasteiger partial charge in [0.1, 0.15) is 12.1 Å². The molecular weight excluding hydrogens is 246 g/mol. The van der Waals surface area contributed by atoms with Crippen molar-refractivity contribution in [3.8, 4) is 0 Å². The zero-order valence-corrected chi connectivity index (χ0v) is 11.1. The van der Waals surface area contributed by atoms with Gasteiger partial charge < -0.3 is 4.74 Å². The second kappa shape index (κ2) is 4.45. The Morgan fingerprint density at radius 2 is 2.21 bits per heavy atom. The third-order valence-corrected chi connectivity index (χ3v) is 3.85. The van der Waals surface area contributed by atoms with E-state index in [1.54, 1.807) is 13.1 Å². The lowest BCUT2D eigenvalue weighted by Gasteiger charge is -2.30. The molecule has 1 fully saturated rings. The number of carbonyl (C=O) groups excluding carboxylic acids is 1. The average molecular weight is 263 g/mol. The molecule has 0 aliphatic carbocycles. The van der Waals surface area contributed by atoms with E-state index in [4.69, 9.17) is 4.74 Å². The van der Waals surface area contributed by atoms with Gasteiger partial charge in [0.25, 0.3) is 5.56 Å². The van der Waals surface area contributed by atoms with Crippen molar-refractivity contribution in [2.24, 2.45) is 7.05 Å². The number of hydrogen-bond acceptors (Lipinski definition) is 5. The van der Waals surface area contributed by atoms with Crippen molar-refractivity contribution in [2.45, 2.75) is 38.5 Å². The highest BCUT2D eigenvalue weighted by Crippen LogP contribution is 2.25. The van der Waals surface area contributed by atoms with Gasteiger partial charge in [-0.15, -0.1) is 0 Å². The summed E-state index contributed by atoms with van der Waals surface area (Å²) in [5, 5.41) is 4.27. The monoisotopic (exact) mass is 263 g/mol. The largest absolute Gasteiger partial charge is 0.461 e. The molecule has 6 heteroatoms. The lowest BCUT2D eigenvalue weighted by molar-refractivity contribution is -0.145. The fourth-order valence-corrected chi connectivity index (χ4v) is 2.81. The zero-order chi connectivity index (χ0) is 13.6. The molecule has 0 saturated carbocycles. The molecule has 0 aromatic carbocycles. The van der Waals surface area contributed by atoms with Gasteiger partial charge in [0, 0.05) is 39.0 Å². The summed E-state index contributed by atoms with van der Waals surface area (Å²) in [7, 11) is 1.66. The maximum atomic E-state index is 11.8. The number of nitrogens with zero attached hydrogens (tertiary/aromatic N) is 3. The molecule has 0 amide bonds. The van der Waals surface area contributed by atoms with E-state index in [1.807, 2.05) is 6.92 Å². The first-order valence-corrected chi connectivity index (χ1v) is 6.55. The Labute approximate surface area is 111 Å². The molecule has 102 valence electrons. The van der Waals surface area contributed by atoms with Gasteiger partial charge in [-0.25, -0.2) is 4.68 Å². The number of rotatable bonds is 1. The summed E-state index contributed by atoms with van der Waals surface area (Å²) in [6.45, 7) is 3.29. The Morgan fingerprint density at radius 3 is 2.89 bits per heavy atom. The van der Waals surface area contributed by atoms with Gasteiger partial charge in [-0.3, -0.25) is 14.5 Å². The van der Waals surface area contributed by atoms with Crippen molar-refractivity contribution in [1.82, 2.24) is 14.7 Å². The van der Waals surface area contributed by atoms with E-state index in [9.17, 15) is 9.59 Å². The van der Waals surface area contributed by atoms with Gasteiger partial charge in [-0.1, -0.05) is 0 Å². The van der Waals surface area contributed by atoms with Crippen LogP contribution in [0.4, 0.5) is 0 Å². The second-order valence-corrected chi connectivity index (χ2v) is 5.30. The molecule has 0 bridgehead atoms. The van der Waals surface area contributed by atoms with Gasteiger partial charge in [0.05, 0.1) is 5.69 Å². The smallest absolute Gasteiger partial charge is 0.323 e. The van der Waals surface area contributed by atoms with Gasteiger partial charge in [-0.05, 0) is 12.5 Å². The van der Waals surface area contributed by atoms with Crippen LogP contribution in [-0.2, 0) is 29.5 Å². The number of ether oxygens (including phenoxy) is 1. The van der Waals surface area contributed by atoms with Crippen LogP contribution in [0.2, 0.25) is 0 Å². The van der Waals surface area contributed by atoms with Crippen LogP contribution in [0.3, 0.4) is 0 Å². The van der Waals surface area contributed by atoms with Crippen LogP contribution in [0.25, 0.3) is 0 Å². The molecule has 19 heavy (non-hydrogen) atoms. The highest BCUT2D eigenvalue weighted by molar-refractivity contribution is 5.78. The second-order valence-electron chi connectivity index (χ2n) is 5.30. The van der Waals surface area contributed by atoms with Crippen LogP contribution in [0, 0.1) is 0 Å². The molecule has 2 aliphatic rings. The highest BCUT2D eigenvalue weighted by Gasteiger charge is 2.37. The van der Waals surface area contributed by atoms with Gasteiger partial charge in [0.2, 0.25) is 0 Å². The number of aromatic nitrogens is 2. The summed E-state index contributed by atoms with van der Waals surface area (Å²) >= 11 is 0. The SMILES string of the molecule is CC1CC(N2CCc3nn(C)c(=O)cc3C2)C(=O)O1. The maximum Gasteiger partial charge on any atom is 0.323 e. The number of esters is 1. The highest BCUT2D eigenvalue weighted by atomic mass is 16.6. The van der Waals surface area contributed by atoms with E-state index in [-0.39, 0.29) is 23.7 Å². The molecule has 2 atom stereocenters. The van der Waals surface area contributed by atoms with E-state index in [0.717, 1.165) is 30.6 Å². The molecule has 2 aliphatic heterocycles. The van der Waals surface area contributed by atoms with Crippen LogP contribution in [-0.4, -0.2) is 39.3 Å². The first-order chi connectivity index (χ1) is 9.04. The summed E-state index contributed by atoms with van der Waals surface area (Å²) in [4.78, 5) is 25.5. The fourth-order valence-electron chi connectivity index (χ4n) is 2.81. The lowest BCUT2D eigenvalue weighted by Crippen LogP contribution is -2.43. The normalized spacial score (nSPS) is 27.2. The minimum Gasteiger partial charge on any atom is -0.461 e. The quantitative estimate of drug-likeness (QED) is 0.659. The standard InChI is InChI=1S/C13H17N3O3/c1-8-5-11(13(18)19-8)16-4-3-10-9(7-16)6-12(17)15(2)14-10/h6,8,11H,3-5,7H2,1-2H3. The molecule has 2 unspecified atom stereocenters. The van der Waals surface area contributed by atoms with Crippen LogP contribution in [0.15, 0.2) is 10.9 Å². The lowest BCUT2D eigenvalue weighted by atomic mass is 10.0. The topological polar surface area (TPSA) is 64.4 Å². The average Bonchev–Trinajstić information content (AvgIpc) is 2.69. The van der Waals surface area contributed by atoms with Crippen LogP contribution in [0.1, 0.15) is 24.6 Å². The molecule has 1 saturated heterocycles. The van der Waals surface area contributed by atoms with Crippen molar-refractivity contribution in [2.75, 3.05) is 6.54 Å². The molecule has 3 rings (SSSR count). The number of aryl methyl sites for hydroxylation is 1. The molecule has 0 spiro atoms. The van der Waals surface area contributed by atoms with Crippen LogP contribution < -0.4 is 5.56 Å². The van der Waals surface area contributed by atoms with Crippen molar-refractivity contribution in [3.05, 3.63) is 27.7 Å². The molecule has 1 aromatic heterocycles. The van der Waals surface area contributed by atoms with E-state index in [0.29, 0.717) is 6.54 Å². The van der Waals surface area contributed by atoms with Crippen molar-refractivity contribution >= 4 is 5.97 Å². The number of carbonyl (C=O) groups is 1. The first-order valence-electron chi connectivity index (χ1n) is 6.55. The minimum absolute atomic E-state index is 0.0133. The van der Waals surface area contributed by atoms with Crippen molar-refractivity contribution in [3.63, 3.8) is 0 Å². The third kappa shape index (κ3) is 2.16. The molecule has 1 aromatic rings. The predicted octanol–water partition coefficient (Wildman–Crippen LogP) is -0.158. The Kier molecular flexibility index (Phi) is 2.89. The van der Waals surface area contributed by atoms with Crippen molar-refractivity contribution in [1.29, 1.82) is 0 Å². The Hall–Kier alpha value is -1.69. The fraction of sp³-hybridized carbons (Fsp3) is 0.615. The third-order valence-electron chi connectivity index (χ3n) is 3.85. The first kappa shape index (κ1) is 12.3. The maximum absolute atomic E-state index is 11.8. The van der Waals surface area contributed by atoms with E-state index >= 15 is 0 Å². The van der Waals surface area contributed by atoms with Crippen LogP contribution >= 0.6 is 0 Å². The summed E-state index contributed by atoms with van der Waals surface area (Å²) in [5.41, 5.74) is 1.78. The Morgan fingerprint density at radius 1 is 1.42 bits per heavy atom. The minimum atomic E-state index is -0.174. The molecular formula is C13H17N3O3. The molecule has 3 heterocycles. The molecule has 6 nitrogen and oxygen atoms in total. The van der Waals surface area contributed by atoms with E-state index in [1.165, 1.54) is 4.68 Å². The summed E-state index contributed by atoms with van der Waals surface area (Å²) in [6.07, 6.45) is 1.48. The van der Waals surface area contributed by atoms with Crippen molar-refractivity contribution < 1.29 is 9.53 Å². The number of hydrogen-bond donors (Lipinski definition) is 0. The molecule has 0 radical (unpaired) electrons. The van der Waals surface area contributed by atoms with Gasteiger partial charge >= 0.3 is 5.97 Å².